The van der Waals surface area contributed by atoms with Crippen LogP contribution in [0.15, 0.2) is 18.6 Å². The van der Waals surface area contributed by atoms with E-state index in [4.69, 9.17) is 33.2 Å². The third kappa shape index (κ3) is 15.4. The molecule has 7 amide bonds. The van der Waals surface area contributed by atoms with Gasteiger partial charge in [-0.2, -0.15) is 0 Å². The second-order valence-corrected chi connectivity index (χ2v) is 29.2. The number of nitrogens with zero attached hydrogens (tertiary/aromatic N) is 16. The van der Waals surface area contributed by atoms with Gasteiger partial charge in [-0.05, 0) is 51.4 Å². The van der Waals surface area contributed by atoms with E-state index in [0.29, 0.717) is 38.6 Å². The second kappa shape index (κ2) is 33.2. The maximum atomic E-state index is 15.9. The van der Waals surface area contributed by atoms with Gasteiger partial charge in [-0.1, -0.05) is 15.6 Å². The lowest BCUT2D eigenvalue weighted by Crippen LogP contribution is -2.59. The van der Waals surface area contributed by atoms with E-state index in [1.54, 1.807) is 0 Å². The molecule has 10 saturated heterocycles. The smallest absolute Gasteiger partial charge is 0.328 e. The van der Waals surface area contributed by atoms with Crippen molar-refractivity contribution < 1.29 is 133 Å². The average molecular weight is 1530 g/mol. The molecule has 0 spiro atoms. The molecule has 43 nitrogen and oxygen atoms in total. The Bertz CT molecular complexity index is 3720. The lowest BCUT2D eigenvalue weighted by Gasteiger charge is -2.39. The fourth-order valence-electron chi connectivity index (χ4n) is 16.8. The minimum atomic E-state index is -1.75. The molecule has 3 aromatic heterocycles. The van der Waals surface area contributed by atoms with E-state index >= 15 is 19.2 Å². The number of aliphatic hydroxyl groups excluding tert-OH is 12. The molecule has 13 heterocycles. The molecular weight excluding hydrogens is 1440 g/mol. The number of likely N-dealkylation sites (tertiary alicyclic amines) is 7. The molecule has 0 aliphatic carbocycles. The Labute approximate surface area is 615 Å². The summed E-state index contributed by atoms with van der Waals surface area (Å²) in [7, 11) is 1.20. The Hall–Kier alpha value is -7.54. The van der Waals surface area contributed by atoms with E-state index in [9.17, 15) is 80.5 Å². The zero-order valence-corrected chi connectivity index (χ0v) is 59.3. The summed E-state index contributed by atoms with van der Waals surface area (Å²) in [4.78, 5) is 129. The molecule has 13 rings (SSSR count). The summed E-state index contributed by atoms with van der Waals surface area (Å²) >= 11 is 0. The lowest BCUT2D eigenvalue weighted by molar-refractivity contribution is -0.304. The van der Waals surface area contributed by atoms with Crippen LogP contribution in [0.2, 0.25) is 0 Å². The molecule has 43 heteroatoms. The first-order valence-electron chi connectivity index (χ1n) is 36.5. The predicted octanol–water partition coefficient (Wildman–Crippen LogP) is -9.61. The zero-order valence-electron chi connectivity index (χ0n) is 59.3. The van der Waals surface area contributed by atoms with Crippen LogP contribution in [0.4, 0.5) is 0 Å². The maximum Gasteiger partial charge on any atom is 0.328 e. The Morgan fingerprint density at radius 2 is 0.667 bits per heavy atom. The van der Waals surface area contributed by atoms with Crippen LogP contribution in [-0.2, 0) is 91.3 Å². The minimum Gasteiger partial charge on any atom is -0.467 e. The first-order valence-corrected chi connectivity index (χ1v) is 36.5. The van der Waals surface area contributed by atoms with Gasteiger partial charge in [-0.25, -0.2) is 18.8 Å². The summed E-state index contributed by atoms with van der Waals surface area (Å²) in [5.41, 5.74) is 0.499. The summed E-state index contributed by atoms with van der Waals surface area (Å²) in [6, 6.07) is -10.5. The molecule has 596 valence electrons. The van der Waals surface area contributed by atoms with E-state index < -0.39 is 220 Å². The van der Waals surface area contributed by atoms with Crippen molar-refractivity contribution in [1.82, 2.24) is 79.3 Å². The highest BCUT2D eigenvalue weighted by atomic mass is 16.7. The normalized spacial score (nSPS) is 36.6. The van der Waals surface area contributed by atoms with Crippen LogP contribution in [-0.4, -0.2) is 395 Å². The quantitative estimate of drug-likeness (QED) is 0.0416. The van der Waals surface area contributed by atoms with Gasteiger partial charge in [0.25, 0.3) is 0 Å². The highest BCUT2D eigenvalue weighted by Crippen LogP contribution is 2.40. The molecule has 3 aromatic rings. The monoisotopic (exact) mass is 1530 g/mol. The lowest BCUT2D eigenvalue weighted by atomic mass is 9.99. The van der Waals surface area contributed by atoms with Crippen LogP contribution in [0.5, 0.6) is 0 Å². The summed E-state index contributed by atoms with van der Waals surface area (Å²) in [6.07, 6.45) is -17.1. The fraction of sp³-hybridized carbons (Fsp3) is 0.785. The highest BCUT2D eigenvalue weighted by molar-refractivity contribution is 5.99. The third-order valence-electron chi connectivity index (χ3n) is 22.7. The number of esters is 1. The molecule has 0 unspecified atom stereocenters. The standard InChI is InChI=1S/C65H94N16O27/c1-30(85)72-11-3-7-37(72)56(95)76-21-34(79-18-31(66-69-79)27-103-63-53(92)50(89)47(86)44(24-82)106-63)15-41(76)59(98)73-12-4-8-38(73)57(96)77-22-35(80-19-32(67-70-80)28-104-64-54(93)51(90)48(87)45(25-83)107-64)16-42(77)60(99)74-13-5-9-39(74)58(97)78-23-36(17-43(78)61(100)75-14-6-10-40(75)62(101)102-2)81-20-33(68-71-81)29-105-65-55(94)52(91)49(88)46(26-84)108-65/h18-20,34-55,63-65,82-84,86-94H,3-17,21-29H2,1-2H3/t34-,35-,36-,37-,38-,39-,40-,41-,42-,43-,44+,45+,46+,47-,48-,49-,50-,51-,52-,53+,54+,55+,63+,64+,65+/m0/s1. The van der Waals surface area contributed by atoms with Crippen molar-refractivity contribution in [3.8, 4) is 0 Å². The van der Waals surface area contributed by atoms with Crippen LogP contribution < -0.4 is 0 Å². The number of methoxy groups -OCH3 is 1. The second-order valence-electron chi connectivity index (χ2n) is 29.2. The topological polar surface area (TPSA) is 559 Å². The molecule has 10 fully saturated rings. The van der Waals surface area contributed by atoms with Gasteiger partial charge in [0.1, 0.15) is 133 Å². The van der Waals surface area contributed by atoms with E-state index in [1.165, 1.54) is 81.0 Å². The number of hydrogen-bond donors (Lipinski definition) is 12. The van der Waals surface area contributed by atoms with Crippen molar-refractivity contribution in [2.75, 3.05) is 72.7 Å². The number of aromatic nitrogens is 9. The molecular formula is C65H94N16O27. The van der Waals surface area contributed by atoms with Gasteiger partial charge in [0, 0.05) is 72.0 Å². The van der Waals surface area contributed by atoms with Gasteiger partial charge >= 0.3 is 5.97 Å². The minimum absolute atomic E-state index is 0.00977. The van der Waals surface area contributed by atoms with E-state index in [2.05, 4.69) is 30.9 Å². The van der Waals surface area contributed by atoms with Crippen LogP contribution in [0.25, 0.3) is 0 Å². The molecule has 0 saturated carbocycles. The van der Waals surface area contributed by atoms with Gasteiger partial charge in [0.2, 0.25) is 41.4 Å². The van der Waals surface area contributed by atoms with E-state index in [-0.39, 0.29) is 114 Å². The number of carbonyl (C=O) groups excluding carboxylic acids is 8. The number of carbonyl (C=O) groups is 8. The van der Waals surface area contributed by atoms with Crippen LogP contribution in [0.1, 0.15) is 113 Å². The maximum absolute atomic E-state index is 15.9. The zero-order chi connectivity index (χ0) is 76.8. The Balaban J connectivity index is 0.764. The third-order valence-corrected chi connectivity index (χ3v) is 22.7. The van der Waals surface area contributed by atoms with Crippen molar-refractivity contribution in [2.45, 2.75) is 250 Å². The van der Waals surface area contributed by atoms with E-state index in [1.807, 2.05) is 0 Å². The van der Waals surface area contributed by atoms with Crippen molar-refractivity contribution in [3.05, 3.63) is 35.7 Å². The molecule has 10 aliphatic rings. The first-order chi connectivity index (χ1) is 51.8. The first kappa shape index (κ1) is 78.6. The van der Waals surface area contributed by atoms with Crippen molar-refractivity contribution in [3.63, 3.8) is 0 Å². The van der Waals surface area contributed by atoms with Gasteiger partial charge < -0.3 is 129 Å². The molecule has 0 radical (unpaired) electrons. The van der Waals surface area contributed by atoms with Gasteiger partial charge in [-0.3, -0.25) is 33.6 Å². The molecule has 108 heavy (non-hydrogen) atoms. The highest BCUT2D eigenvalue weighted by Gasteiger charge is 2.56. The van der Waals surface area contributed by atoms with Crippen LogP contribution >= 0.6 is 0 Å². The van der Waals surface area contributed by atoms with Crippen molar-refractivity contribution in [2.24, 2.45) is 0 Å². The van der Waals surface area contributed by atoms with E-state index in [0.717, 1.165) is 0 Å². The summed E-state index contributed by atoms with van der Waals surface area (Å²) in [6.45, 7) is -1.89. The summed E-state index contributed by atoms with van der Waals surface area (Å²) in [5, 5.41) is 149. The largest absolute Gasteiger partial charge is 0.467 e. The molecule has 12 N–H and O–H groups in total. The summed E-state index contributed by atoms with van der Waals surface area (Å²) < 4.78 is 43.0. The fourth-order valence-corrected chi connectivity index (χ4v) is 16.8. The predicted molar refractivity (Wildman–Crippen MR) is 350 cm³/mol. The van der Waals surface area contributed by atoms with Crippen LogP contribution in [0, 0.1) is 0 Å². The summed E-state index contributed by atoms with van der Waals surface area (Å²) in [5.74, 6) is -4.67. The number of amides is 7. The molecule has 25 atom stereocenters. The molecule has 10 aliphatic heterocycles. The Morgan fingerprint density at radius 1 is 0.389 bits per heavy atom. The van der Waals surface area contributed by atoms with Gasteiger partial charge in [0.15, 0.2) is 18.9 Å². The SMILES string of the molecule is COC(=O)[C@@H]1CCCN1C(=O)[C@@H]1C[C@H](n2cc(CO[C@@H]3O[C@H](CO)[C@H](O)[C@H](O)[C@H]3O)nn2)CN1C(=O)[C@@H]1CCCN1C(=O)[C@@H]1C[C@H](n2cc(CO[C@@H]3O[C@H](CO)[C@H](O)[C@H](O)[C@H]3O)nn2)CN1C(=O)[C@@H]1CCCN1C(=O)[C@@H]1C[C@H](n2cc(CO[C@@H]3O[C@H](CO)[C@H](O)[C@H](O)[C@H]3O)nn2)CN1C(=O)[C@@H]1CCCN1C(C)=O. The van der Waals surface area contributed by atoms with Gasteiger partial charge in [-0.15, -0.1) is 15.3 Å². The Kier molecular flexibility index (Phi) is 24.1. The number of ether oxygens (including phenoxy) is 7. The molecule has 0 aromatic carbocycles. The Morgan fingerprint density at radius 3 is 0.963 bits per heavy atom. The van der Waals surface area contributed by atoms with Crippen molar-refractivity contribution >= 4 is 47.3 Å². The van der Waals surface area contributed by atoms with Crippen LogP contribution in [0.3, 0.4) is 0 Å². The number of aliphatic hydroxyl groups is 12. The number of rotatable bonds is 22. The van der Waals surface area contributed by atoms with Gasteiger partial charge in [0.05, 0.1) is 83.5 Å². The number of hydrogen-bond acceptors (Lipinski definition) is 33. The average Bonchev–Trinajstić information content (AvgIpc) is 1.61. The van der Waals surface area contributed by atoms with Crippen molar-refractivity contribution in [1.29, 1.82) is 0 Å². The molecule has 0 bridgehead atoms.